The summed E-state index contributed by atoms with van der Waals surface area (Å²) in [6.07, 6.45) is -4.87. The third-order valence-electron chi connectivity index (χ3n) is 4.07. The molecule has 2 aromatic carbocycles. The van der Waals surface area contributed by atoms with Crippen LogP contribution in [0, 0.1) is 0 Å². The predicted molar refractivity (Wildman–Crippen MR) is 95.7 cm³/mol. The van der Waals surface area contributed by atoms with Crippen LogP contribution in [0.2, 0.25) is 0 Å². The van der Waals surface area contributed by atoms with Gasteiger partial charge in [0.1, 0.15) is 12.3 Å². The smallest absolute Gasteiger partial charge is 0.416 e. The van der Waals surface area contributed by atoms with Crippen molar-refractivity contribution in [2.24, 2.45) is 0 Å². The molecule has 0 saturated carbocycles. The summed E-state index contributed by atoms with van der Waals surface area (Å²) in [4.78, 5) is 37.3. The number of amides is 3. The summed E-state index contributed by atoms with van der Waals surface area (Å²) in [7, 11) is 0. The number of hydrogen-bond donors (Lipinski definition) is 2. The summed E-state index contributed by atoms with van der Waals surface area (Å²) in [5.74, 6) is -1.35. The zero-order valence-corrected chi connectivity index (χ0v) is 15.0. The van der Waals surface area contributed by atoms with E-state index in [-0.39, 0.29) is 25.1 Å². The number of carbonyl (C=O) groups excluding carboxylic acids is 3. The van der Waals surface area contributed by atoms with Crippen LogP contribution in [0.15, 0.2) is 48.5 Å². The van der Waals surface area contributed by atoms with Gasteiger partial charge >= 0.3 is 6.18 Å². The maximum Gasteiger partial charge on any atom is 0.416 e. The average Bonchev–Trinajstić information content (AvgIpc) is 2.68. The summed E-state index contributed by atoms with van der Waals surface area (Å²) >= 11 is 0. The lowest BCUT2D eigenvalue weighted by Gasteiger charge is -2.28. The van der Waals surface area contributed by atoms with Crippen LogP contribution in [-0.4, -0.2) is 30.9 Å². The van der Waals surface area contributed by atoms with Crippen molar-refractivity contribution in [3.05, 3.63) is 59.7 Å². The first-order valence-electron chi connectivity index (χ1n) is 8.50. The molecule has 1 aliphatic rings. The second kappa shape index (κ2) is 8.21. The van der Waals surface area contributed by atoms with Crippen LogP contribution >= 0.6 is 0 Å². The molecule has 0 radical (unpaired) electrons. The lowest BCUT2D eigenvalue weighted by molar-refractivity contribution is -0.137. The number of rotatable bonds is 4. The fourth-order valence-corrected chi connectivity index (χ4v) is 2.74. The molecule has 0 fully saturated rings. The van der Waals surface area contributed by atoms with Gasteiger partial charge < -0.3 is 4.74 Å². The van der Waals surface area contributed by atoms with Gasteiger partial charge in [-0.1, -0.05) is 30.3 Å². The summed E-state index contributed by atoms with van der Waals surface area (Å²) in [6.45, 7) is -0.574. The maximum atomic E-state index is 12.7. The number of halogens is 3. The zero-order chi connectivity index (χ0) is 21.0. The summed E-state index contributed by atoms with van der Waals surface area (Å²) in [5, 5.41) is 0. The van der Waals surface area contributed by atoms with Crippen LogP contribution in [0.25, 0.3) is 0 Å². The van der Waals surface area contributed by atoms with Gasteiger partial charge in [-0.2, -0.15) is 13.2 Å². The van der Waals surface area contributed by atoms with Crippen molar-refractivity contribution in [3.8, 4) is 5.75 Å². The lowest BCUT2D eigenvalue weighted by atomic mass is 10.1. The largest absolute Gasteiger partial charge is 0.482 e. The molecule has 0 aliphatic carbocycles. The van der Waals surface area contributed by atoms with E-state index in [9.17, 15) is 27.6 Å². The number of nitrogens with zero attached hydrogens (tertiary/aromatic N) is 1. The number of para-hydroxylation sites is 2. The van der Waals surface area contributed by atoms with Gasteiger partial charge in [-0.3, -0.25) is 30.1 Å². The molecule has 0 spiro atoms. The van der Waals surface area contributed by atoms with Crippen LogP contribution in [0.3, 0.4) is 0 Å². The van der Waals surface area contributed by atoms with E-state index in [4.69, 9.17) is 4.74 Å². The summed E-state index contributed by atoms with van der Waals surface area (Å²) in [6, 6.07) is 11.0. The molecular weight excluding hydrogens is 391 g/mol. The Balaban J connectivity index is 1.55. The van der Waals surface area contributed by atoms with E-state index in [1.54, 1.807) is 24.3 Å². The van der Waals surface area contributed by atoms with Crippen molar-refractivity contribution < 1.29 is 32.3 Å². The second-order valence-electron chi connectivity index (χ2n) is 6.21. The number of anilines is 1. The molecular formula is C19H16F3N3O4. The van der Waals surface area contributed by atoms with Crippen molar-refractivity contribution in [2.45, 2.75) is 12.6 Å². The highest BCUT2D eigenvalue weighted by Crippen LogP contribution is 2.31. The standard InChI is InChI=1S/C19H16F3N3O4/c20-19(21,22)13-5-3-4-12(8-13)9-16(26)23-24-17(27)10-25-14-6-1-2-7-15(14)29-11-18(25)28/h1-8H,9-11H2,(H,23,26)(H,24,27). The van der Waals surface area contributed by atoms with Crippen LogP contribution < -0.4 is 20.5 Å². The van der Waals surface area contributed by atoms with Crippen LogP contribution in [0.5, 0.6) is 5.75 Å². The van der Waals surface area contributed by atoms with Crippen molar-refractivity contribution in [1.29, 1.82) is 0 Å². The number of alkyl halides is 3. The molecule has 3 amide bonds. The highest BCUT2D eigenvalue weighted by atomic mass is 19.4. The van der Waals surface area contributed by atoms with E-state index in [2.05, 4.69) is 10.9 Å². The van der Waals surface area contributed by atoms with E-state index in [0.717, 1.165) is 12.1 Å². The van der Waals surface area contributed by atoms with Crippen molar-refractivity contribution >= 4 is 23.4 Å². The molecule has 29 heavy (non-hydrogen) atoms. The molecule has 1 aliphatic heterocycles. The molecule has 2 aromatic rings. The fraction of sp³-hybridized carbons (Fsp3) is 0.211. The van der Waals surface area contributed by atoms with Gasteiger partial charge in [0.05, 0.1) is 17.7 Å². The molecule has 1 heterocycles. The first-order chi connectivity index (χ1) is 13.7. The van der Waals surface area contributed by atoms with Gasteiger partial charge in [-0.25, -0.2) is 0 Å². The third kappa shape index (κ3) is 5.03. The van der Waals surface area contributed by atoms with E-state index in [0.29, 0.717) is 11.4 Å². The van der Waals surface area contributed by atoms with E-state index in [1.165, 1.54) is 17.0 Å². The molecule has 2 N–H and O–H groups in total. The minimum absolute atomic E-state index is 0.142. The Morgan fingerprint density at radius 2 is 1.76 bits per heavy atom. The first kappa shape index (κ1) is 20.2. The van der Waals surface area contributed by atoms with E-state index in [1.807, 2.05) is 0 Å². The minimum Gasteiger partial charge on any atom is -0.482 e. The van der Waals surface area contributed by atoms with Crippen LogP contribution in [0.4, 0.5) is 18.9 Å². The minimum atomic E-state index is -4.51. The normalized spacial score (nSPS) is 13.3. The Labute approximate surface area is 163 Å². The Kier molecular flexibility index (Phi) is 5.71. The number of hydrazine groups is 1. The number of carbonyl (C=O) groups is 3. The number of hydrogen-bond acceptors (Lipinski definition) is 4. The number of benzene rings is 2. The predicted octanol–water partition coefficient (Wildman–Crippen LogP) is 1.82. The van der Waals surface area contributed by atoms with Gasteiger partial charge in [0.15, 0.2) is 6.61 Å². The molecule has 0 bridgehead atoms. The van der Waals surface area contributed by atoms with Crippen LogP contribution in [0.1, 0.15) is 11.1 Å². The summed E-state index contributed by atoms with van der Waals surface area (Å²) < 4.78 is 43.4. The number of fused-ring (bicyclic) bond motifs is 1. The second-order valence-corrected chi connectivity index (χ2v) is 6.21. The SMILES string of the molecule is O=C(Cc1cccc(C(F)(F)F)c1)NNC(=O)CN1C(=O)COc2ccccc21. The Morgan fingerprint density at radius 3 is 2.52 bits per heavy atom. The first-order valence-corrected chi connectivity index (χ1v) is 8.50. The fourth-order valence-electron chi connectivity index (χ4n) is 2.74. The molecule has 0 atom stereocenters. The average molecular weight is 407 g/mol. The lowest BCUT2D eigenvalue weighted by Crippen LogP contribution is -2.50. The molecule has 7 nitrogen and oxygen atoms in total. The molecule has 0 aromatic heterocycles. The third-order valence-corrected chi connectivity index (χ3v) is 4.07. The monoisotopic (exact) mass is 407 g/mol. The Hall–Kier alpha value is -3.56. The van der Waals surface area contributed by atoms with E-state index >= 15 is 0 Å². The topological polar surface area (TPSA) is 87.7 Å². The molecule has 10 heteroatoms. The van der Waals surface area contributed by atoms with E-state index < -0.39 is 29.5 Å². The number of nitrogens with one attached hydrogen (secondary N) is 2. The summed E-state index contributed by atoms with van der Waals surface area (Å²) in [5.41, 5.74) is 3.98. The highest BCUT2D eigenvalue weighted by Gasteiger charge is 2.30. The van der Waals surface area contributed by atoms with Crippen molar-refractivity contribution in [3.63, 3.8) is 0 Å². The van der Waals surface area contributed by atoms with Crippen molar-refractivity contribution in [1.82, 2.24) is 10.9 Å². The zero-order valence-electron chi connectivity index (χ0n) is 15.0. The van der Waals surface area contributed by atoms with Gasteiger partial charge in [-0.05, 0) is 23.8 Å². The molecule has 152 valence electrons. The van der Waals surface area contributed by atoms with Gasteiger partial charge in [0.2, 0.25) is 5.91 Å². The molecule has 3 rings (SSSR count). The van der Waals surface area contributed by atoms with Crippen LogP contribution in [-0.2, 0) is 27.0 Å². The Morgan fingerprint density at radius 1 is 1.03 bits per heavy atom. The Bertz CT molecular complexity index is 946. The van der Waals surface area contributed by atoms with Crippen molar-refractivity contribution in [2.75, 3.05) is 18.1 Å². The number of ether oxygens (including phenoxy) is 1. The molecule has 0 unspecified atom stereocenters. The maximum absolute atomic E-state index is 12.7. The van der Waals surface area contributed by atoms with Gasteiger partial charge in [0, 0.05) is 0 Å². The molecule has 0 saturated heterocycles. The van der Waals surface area contributed by atoms with Gasteiger partial charge in [-0.15, -0.1) is 0 Å². The highest BCUT2D eigenvalue weighted by molar-refractivity contribution is 6.02. The quantitative estimate of drug-likeness (QED) is 0.757. The van der Waals surface area contributed by atoms with Gasteiger partial charge in [0.25, 0.3) is 11.8 Å².